The Hall–Kier alpha value is -1.92. The van der Waals surface area contributed by atoms with Crippen molar-refractivity contribution >= 4 is 18.4 Å². The van der Waals surface area contributed by atoms with Gasteiger partial charge in [0.1, 0.15) is 6.04 Å². The number of carboxylic acids is 1. The van der Waals surface area contributed by atoms with Gasteiger partial charge in [-0.25, -0.2) is 0 Å². The Kier molecular flexibility index (Phi) is 8.29. The molecule has 23 heavy (non-hydrogen) atoms. The number of hydrogen-bond donors (Lipinski definition) is 2. The minimum atomic E-state index is -0.800. The molecule has 1 heterocycles. The molecule has 0 saturated carbocycles. The molecule has 0 fully saturated rings. The van der Waals surface area contributed by atoms with Crippen molar-refractivity contribution < 1.29 is 14.4 Å². The third-order valence-electron chi connectivity index (χ3n) is 3.33. The van der Waals surface area contributed by atoms with Gasteiger partial charge in [-0.2, -0.15) is 4.98 Å². The van der Waals surface area contributed by atoms with Crippen LogP contribution in [0.15, 0.2) is 34.9 Å². The Morgan fingerprint density at radius 3 is 2.74 bits per heavy atom. The highest BCUT2D eigenvalue weighted by molar-refractivity contribution is 5.85. The second-order valence-electron chi connectivity index (χ2n) is 5.11. The Bertz CT molecular complexity index is 589. The standard InChI is InChI=1S/C16H21N3O3.ClH/c1-2-7-13(16(20)21)17-11-6-10-14-18-15(19-22-14)12-8-4-3-5-9-12;/h3-5,8-9,13,17H,2,6-7,10-11H2,1H3,(H,20,21);1H. The molecular weight excluding hydrogens is 318 g/mol. The molecule has 0 aliphatic carbocycles. The van der Waals surface area contributed by atoms with Crippen molar-refractivity contribution in [2.45, 2.75) is 38.6 Å². The predicted molar refractivity (Wildman–Crippen MR) is 89.6 cm³/mol. The molecule has 1 aromatic carbocycles. The van der Waals surface area contributed by atoms with Gasteiger partial charge in [-0.05, 0) is 19.4 Å². The van der Waals surface area contributed by atoms with E-state index >= 15 is 0 Å². The van der Waals surface area contributed by atoms with Crippen LogP contribution in [-0.2, 0) is 11.2 Å². The zero-order chi connectivity index (χ0) is 15.8. The van der Waals surface area contributed by atoms with Crippen LogP contribution in [0.25, 0.3) is 11.4 Å². The number of benzene rings is 1. The van der Waals surface area contributed by atoms with Gasteiger partial charge in [-0.3, -0.25) is 4.79 Å². The molecule has 7 heteroatoms. The molecule has 0 amide bonds. The highest BCUT2D eigenvalue weighted by Gasteiger charge is 2.15. The maximum absolute atomic E-state index is 11.0. The lowest BCUT2D eigenvalue weighted by Gasteiger charge is -2.12. The number of nitrogens with one attached hydrogen (secondary N) is 1. The molecule has 1 unspecified atom stereocenters. The highest BCUT2D eigenvalue weighted by Crippen LogP contribution is 2.15. The fraction of sp³-hybridized carbons (Fsp3) is 0.438. The second kappa shape index (κ2) is 9.97. The van der Waals surface area contributed by atoms with E-state index in [1.165, 1.54) is 0 Å². The molecule has 0 aliphatic heterocycles. The molecule has 0 radical (unpaired) electrons. The monoisotopic (exact) mass is 339 g/mol. The minimum absolute atomic E-state index is 0. The summed E-state index contributed by atoms with van der Waals surface area (Å²) in [4.78, 5) is 15.4. The van der Waals surface area contributed by atoms with E-state index in [2.05, 4.69) is 15.5 Å². The average molecular weight is 340 g/mol. The van der Waals surface area contributed by atoms with E-state index in [1.807, 2.05) is 37.3 Å². The van der Waals surface area contributed by atoms with E-state index < -0.39 is 12.0 Å². The fourth-order valence-electron chi connectivity index (χ4n) is 2.18. The van der Waals surface area contributed by atoms with Crippen molar-refractivity contribution in [3.8, 4) is 11.4 Å². The zero-order valence-corrected chi connectivity index (χ0v) is 13.9. The summed E-state index contributed by atoms with van der Waals surface area (Å²) in [6, 6.07) is 9.17. The summed E-state index contributed by atoms with van der Waals surface area (Å²) in [6.07, 6.45) is 2.86. The number of rotatable bonds is 9. The van der Waals surface area contributed by atoms with E-state index in [4.69, 9.17) is 9.63 Å². The first-order valence-corrected chi connectivity index (χ1v) is 7.55. The maximum atomic E-state index is 11.0. The molecule has 126 valence electrons. The van der Waals surface area contributed by atoms with Gasteiger partial charge in [0.15, 0.2) is 0 Å². The van der Waals surface area contributed by atoms with Crippen molar-refractivity contribution in [3.05, 3.63) is 36.2 Å². The van der Waals surface area contributed by atoms with Crippen LogP contribution in [0.1, 0.15) is 32.1 Å². The molecule has 0 saturated heterocycles. The first kappa shape index (κ1) is 19.1. The highest BCUT2D eigenvalue weighted by atomic mass is 35.5. The van der Waals surface area contributed by atoms with E-state index in [1.54, 1.807) is 0 Å². The van der Waals surface area contributed by atoms with Crippen molar-refractivity contribution in [1.82, 2.24) is 15.5 Å². The SMILES string of the molecule is CCCC(NCCCc1nc(-c2ccccc2)no1)C(=O)O.Cl. The number of aryl methyl sites for hydroxylation is 1. The van der Waals surface area contributed by atoms with Crippen LogP contribution >= 0.6 is 12.4 Å². The van der Waals surface area contributed by atoms with Gasteiger partial charge in [0.2, 0.25) is 11.7 Å². The van der Waals surface area contributed by atoms with E-state index in [0.29, 0.717) is 31.1 Å². The molecule has 2 aromatic rings. The van der Waals surface area contributed by atoms with E-state index in [-0.39, 0.29) is 12.4 Å². The van der Waals surface area contributed by atoms with Crippen molar-refractivity contribution in [2.24, 2.45) is 0 Å². The van der Waals surface area contributed by atoms with Gasteiger partial charge in [0.05, 0.1) is 0 Å². The lowest BCUT2D eigenvalue weighted by atomic mass is 10.1. The van der Waals surface area contributed by atoms with Crippen molar-refractivity contribution in [1.29, 1.82) is 0 Å². The smallest absolute Gasteiger partial charge is 0.320 e. The largest absolute Gasteiger partial charge is 0.480 e. The van der Waals surface area contributed by atoms with Gasteiger partial charge in [0, 0.05) is 12.0 Å². The van der Waals surface area contributed by atoms with Gasteiger partial charge in [0.25, 0.3) is 0 Å². The number of aliphatic carboxylic acids is 1. The summed E-state index contributed by atoms with van der Waals surface area (Å²) in [5.74, 6) is 0.354. The number of aromatic nitrogens is 2. The first-order valence-electron chi connectivity index (χ1n) is 7.55. The topological polar surface area (TPSA) is 88.3 Å². The normalized spacial score (nSPS) is 11.7. The Morgan fingerprint density at radius 2 is 2.09 bits per heavy atom. The van der Waals surface area contributed by atoms with Gasteiger partial charge in [-0.15, -0.1) is 12.4 Å². The number of nitrogens with zero attached hydrogens (tertiary/aromatic N) is 2. The Labute approximate surface area is 141 Å². The summed E-state index contributed by atoms with van der Waals surface area (Å²) < 4.78 is 5.22. The minimum Gasteiger partial charge on any atom is -0.480 e. The van der Waals surface area contributed by atoms with E-state index in [0.717, 1.165) is 18.4 Å². The molecule has 2 N–H and O–H groups in total. The van der Waals surface area contributed by atoms with Gasteiger partial charge >= 0.3 is 5.97 Å². The van der Waals surface area contributed by atoms with Crippen LogP contribution in [0.3, 0.4) is 0 Å². The number of carboxylic acid groups (broad SMARTS) is 1. The third kappa shape index (κ3) is 6.00. The van der Waals surface area contributed by atoms with E-state index in [9.17, 15) is 4.79 Å². The Balaban J connectivity index is 0.00000264. The summed E-state index contributed by atoms with van der Waals surface area (Å²) in [7, 11) is 0. The number of halogens is 1. The molecule has 0 aliphatic rings. The summed E-state index contributed by atoms with van der Waals surface area (Å²) >= 11 is 0. The molecule has 0 bridgehead atoms. The lowest BCUT2D eigenvalue weighted by molar-refractivity contribution is -0.139. The molecule has 2 rings (SSSR count). The fourth-order valence-corrected chi connectivity index (χ4v) is 2.18. The van der Waals surface area contributed by atoms with Crippen molar-refractivity contribution in [2.75, 3.05) is 6.54 Å². The van der Waals surface area contributed by atoms with Crippen LogP contribution in [0.5, 0.6) is 0 Å². The van der Waals surface area contributed by atoms with Crippen LogP contribution in [-0.4, -0.2) is 33.8 Å². The third-order valence-corrected chi connectivity index (χ3v) is 3.33. The Morgan fingerprint density at radius 1 is 1.35 bits per heavy atom. The van der Waals surface area contributed by atoms with Gasteiger partial charge in [-0.1, -0.05) is 48.8 Å². The van der Waals surface area contributed by atoms with Crippen LogP contribution < -0.4 is 5.32 Å². The second-order valence-corrected chi connectivity index (χ2v) is 5.11. The number of hydrogen-bond acceptors (Lipinski definition) is 5. The lowest BCUT2D eigenvalue weighted by Crippen LogP contribution is -2.37. The summed E-state index contributed by atoms with van der Waals surface area (Å²) in [5, 5.41) is 16.0. The van der Waals surface area contributed by atoms with Crippen LogP contribution in [0.4, 0.5) is 0 Å². The molecule has 0 spiro atoms. The maximum Gasteiger partial charge on any atom is 0.320 e. The first-order chi connectivity index (χ1) is 10.7. The van der Waals surface area contributed by atoms with Crippen LogP contribution in [0, 0.1) is 0 Å². The summed E-state index contributed by atoms with van der Waals surface area (Å²) in [5.41, 5.74) is 0.921. The number of carbonyl (C=O) groups is 1. The van der Waals surface area contributed by atoms with Crippen molar-refractivity contribution in [3.63, 3.8) is 0 Å². The molecule has 1 atom stereocenters. The molecular formula is C16H22ClN3O3. The zero-order valence-electron chi connectivity index (χ0n) is 13.1. The molecule has 6 nitrogen and oxygen atoms in total. The quantitative estimate of drug-likeness (QED) is 0.683. The van der Waals surface area contributed by atoms with Gasteiger partial charge < -0.3 is 14.9 Å². The average Bonchev–Trinajstić information content (AvgIpc) is 3.00. The molecule has 1 aromatic heterocycles. The summed E-state index contributed by atoms with van der Waals surface area (Å²) in [6.45, 7) is 2.58. The predicted octanol–water partition coefficient (Wildman–Crippen LogP) is 2.93. The van der Waals surface area contributed by atoms with Crippen LogP contribution in [0.2, 0.25) is 0 Å².